The summed E-state index contributed by atoms with van der Waals surface area (Å²) in [6, 6.07) is 13.5. The maximum Gasteiger partial charge on any atom is 0.261 e. The highest BCUT2D eigenvalue weighted by Crippen LogP contribution is 2.16. The van der Waals surface area contributed by atoms with E-state index in [0.717, 1.165) is 36.3 Å². The minimum Gasteiger partial charge on any atom is -0.497 e. The highest BCUT2D eigenvalue weighted by atomic mass is 79.9. The van der Waals surface area contributed by atoms with Crippen LogP contribution in [0.1, 0.15) is 12.0 Å². The summed E-state index contributed by atoms with van der Waals surface area (Å²) in [5.41, 5.74) is 1.65. The van der Waals surface area contributed by atoms with Gasteiger partial charge in [0.15, 0.2) is 0 Å². The van der Waals surface area contributed by atoms with Crippen LogP contribution in [0.5, 0.6) is 5.75 Å². The molecule has 0 unspecified atom stereocenters. The summed E-state index contributed by atoms with van der Waals surface area (Å²) in [4.78, 5) is 34.2. The van der Waals surface area contributed by atoms with Crippen molar-refractivity contribution in [3.05, 3.63) is 69.2 Å². The van der Waals surface area contributed by atoms with Crippen molar-refractivity contribution < 1.29 is 9.53 Å². The topological polar surface area (TPSA) is 67.7 Å². The summed E-state index contributed by atoms with van der Waals surface area (Å²) in [5, 5.41) is 0.506. The molecule has 0 saturated carbocycles. The number of carbonyl (C=O) groups excluding carboxylic acids is 1. The van der Waals surface area contributed by atoms with Gasteiger partial charge < -0.3 is 9.64 Å². The molecule has 1 aliphatic heterocycles. The van der Waals surface area contributed by atoms with Crippen molar-refractivity contribution in [1.82, 2.24) is 19.4 Å². The largest absolute Gasteiger partial charge is 0.497 e. The van der Waals surface area contributed by atoms with E-state index in [1.165, 1.54) is 16.5 Å². The van der Waals surface area contributed by atoms with Crippen LogP contribution in [0.15, 0.2) is 58.1 Å². The lowest BCUT2D eigenvalue weighted by atomic mass is 10.2. The zero-order valence-corrected chi connectivity index (χ0v) is 19.0. The van der Waals surface area contributed by atoms with E-state index in [1.54, 1.807) is 19.2 Å². The molecule has 3 aromatic rings. The first kappa shape index (κ1) is 21.5. The van der Waals surface area contributed by atoms with Crippen molar-refractivity contribution in [3.63, 3.8) is 0 Å². The van der Waals surface area contributed by atoms with Gasteiger partial charge in [0.25, 0.3) is 5.56 Å². The second-order valence-corrected chi connectivity index (χ2v) is 8.61. The summed E-state index contributed by atoms with van der Waals surface area (Å²) in [7, 11) is 1.66. The van der Waals surface area contributed by atoms with Crippen molar-refractivity contribution in [2.45, 2.75) is 19.5 Å². The lowest BCUT2D eigenvalue weighted by Crippen LogP contribution is -2.39. The predicted octanol–water partition coefficient (Wildman–Crippen LogP) is 2.90. The normalized spacial score (nSPS) is 15.1. The molecule has 1 aromatic heterocycles. The molecule has 2 aromatic carbocycles. The number of benzene rings is 2. The van der Waals surface area contributed by atoms with Gasteiger partial charge in [-0.05, 0) is 42.3 Å². The number of aromatic nitrogens is 2. The molecule has 162 valence electrons. The number of hydrogen-bond acceptors (Lipinski definition) is 5. The Balaban J connectivity index is 1.39. The summed E-state index contributed by atoms with van der Waals surface area (Å²) < 4.78 is 7.43. The molecule has 2 heterocycles. The van der Waals surface area contributed by atoms with Crippen molar-refractivity contribution in [2.75, 3.05) is 33.3 Å². The van der Waals surface area contributed by atoms with E-state index < -0.39 is 0 Å². The lowest BCUT2D eigenvalue weighted by Gasteiger charge is -2.22. The van der Waals surface area contributed by atoms with E-state index in [2.05, 4.69) is 37.9 Å². The van der Waals surface area contributed by atoms with E-state index in [0.29, 0.717) is 24.0 Å². The smallest absolute Gasteiger partial charge is 0.261 e. The Bertz CT molecular complexity index is 1130. The number of amides is 1. The van der Waals surface area contributed by atoms with E-state index in [4.69, 9.17) is 4.74 Å². The van der Waals surface area contributed by atoms with Crippen LogP contribution >= 0.6 is 15.9 Å². The predicted molar refractivity (Wildman–Crippen MR) is 123 cm³/mol. The van der Waals surface area contributed by atoms with Crippen LogP contribution in [-0.2, 0) is 17.9 Å². The number of halogens is 1. The Morgan fingerprint density at radius 2 is 1.90 bits per heavy atom. The molecule has 31 heavy (non-hydrogen) atoms. The molecule has 8 heteroatoms. The van der Waals surface area contributed by atoms with Gasteiger partial charge in [-0.1, -0.05) is 28.1 Å². The molecule has 0 spiro atoms. The summed E-state index contributed by atoms with van der Waals surface area (Å²) in [6.07, 6.45) is 2.37. The molecule has 1 fully saturated rings. The maximum atomic E-state index is 12.9. The molecule has 1 aliphatic rings. The second-order valence-electron chi connectivity index (χ2n) is 7.70. The molecule has 0 radical (unpaired) electrons. The number of methoxy groups -OCH3 is 1. The first-order valence-electron chi connectivity index (χ1n) is 10.3. The molecule has 7 nitrogen and oxygen atoms in total. The van der Waals surface area contributed by atoms with Gasteiger partial charge in [0.2, 0.25) is 5.91 Å². The maximum absolute atomic E-state index is 12.9. The van der Waals surface area contributed by atoms with E-state index in [9.17, 15) is 9.59 Å². The Hall–Kier alpha value is -2.71. The van der Waals surface area contributed by atoms with Gasteiger partial charge in [-0.15, -0.1) is 0 Å². The van der Waals surface area contributed by atoms with Gasteiger partial charge in [-0.2, -0.15) is 0 Å². The van der Waals surface area contributed by atoms with Crippen LogP contribution in [0, 0.1) is 0 Å². The van der Waals surface area contributed by atoms with Gasteiger partial charge in [-0.3, -0.25) is 19.1 Å². The Kier molecular flexibility index (Phi) is 6.67. The third-order valence-corrected chi connectivity index (χ3v) is 6.09. The average molecular weight is 485 g/mol. The minimum absolute atomic E-state index is 0.00671. The zero-order chi connectivity index (χ0) is 21.8. The number of fused-ring (bicyclic) bond motifs is 1. The highest BCUT2D eigenvalue weighted by Gasteiger charge is 2.20. The van der Waals surface area contributed by atoms with Crippen molar-refractivity contribution in [1.29, 1.82) is 0 Å². The number of carbonyl (C=O) groups is 1. The Morgan fingerprint density at radius 1 is 1.10 bits per heavy atom. The fraction of sp³-hybridized carbons (Fsp3) is 0.348. The van der Waals surface area contributed by atoms with Crippen LogP contribution in [0.2, 0.25) is 0 Å². The number of hydrogen-bond donors (Lipinski definition) is 0. The molecular formula is C23H25BrN4O3. The third kappa shape index (κ3) is 5.14. The van der Waals surface area contributed by atoms with E-state index >= 15 is 0 Å². The third-order valence-electron chi connectivity index (χ3n) is 5.60. The van der Waals surface area contributed by atoms with Crippen molar-refractivity contribution in [3.8, 4) is 5.75 Å². The fourth-order valence-corrected chi connectivity index (χ4v) is 4.22. The zero-order valence-electron chi connectivity index (χ0n) is 17.5. The van der Waals surface area contributed by atoms with Crippen LogP contribution < -0.4 is 10.3 Å². The Morgan fingerprint density at radius 3 is 2.68 bits per heavy atom. The average Bonchev–Trinajstić information content (AvgIpc) is 3.02. The number of rotatable bonds is 5. The summed E-state index contributed by atoms with van der Waals surface area (Å²) in [6.45, 7) is 3.92. The van der Waals surface area contributed by atoms with Crippen LogP contribution in [0.4, 0.5) is 0 Å². The molecule has 1 saturated heterocycles. The van der Waals surface area contributed by atoms with E-state index in [1.807, 2.05) is 23.1 Å². The summed E-state index contributed by atoms with van der Waals surface area (Å²) in [5.74, 6) is 0.798. The molecule has 1 amide bonds. The highest BCUT2D eigenvalue weighted by molar-refractivity contribution is 9.10. The quantitative estimate of drug-likeness (QED) is 0.556. The van der Waals surface area contributed by atoms with Crippen LogP contribution in [0.3, 0.4) is 0 Å². The standard InChI is InChI=1S/C23H25BrN4O3/c1-31-19-6-3-17(4-7-19)14-26-9-2-10-27(12-11-26)22(29)15-28-16-25-21-8-5-18(24)13-20(21)23(28)30/h3-8,13,16H,2,9-12,14-15H2,1H3. The van der Waals surface area contributed by atoms with Crippen LogP contribution in [-0.4, -0.2) is 58.5 Å². The van der Waals surface area contributed by atoms with Gasteiger partial charge in [-0.25, -0.2) is 4.98 Å². The van der Waals surface area contributed by atoms with E-state index in [-0.39, 0.29) is 18.0 Å². The molecule has 0 N–H and O–H groups in total. The van der Waals surface area contributed by atoms with Gasteiger partial charge in [0, 0.05) is 37.2 Å². The van der Waals surface area contributed by atoms with Crippen LogP contribution in [0.25, 0.3) is 10.9 Å². The second kappa shape index (κ2) is 9.62. The first-order valence-corrected chi connectivity index (χ1v) is 11.1. The molecule has 0 atom stereocenters. The fourth-order valence-electron chi connectivity index (χ4n) is 3.86. The molecule has 4 rings (SSSR count). The first-order chi connectivity index (χ1) is 15.0. The van der Waals surface area contributed by atoms with Gasteiger partial charge in [0.05, 0.1) is 24.3 Å². The van der Waals surface area contributed by atoms with Crippen molar-refractivity contribution in [2.24, 2.45) is 0 Å². The minimum atomic E-state index is -0.199. The summed E-state index contributed by atoms with van der Waals surface area (Å²) >= 11 is 3.39. The van der Waals surface area contributed by atoms with Gasteiger partial charge >= 0.3 is 0 Å². The lowest BCUT2D eigenvalue weighted by molar-refractivity contribution is -0.131. The SMILES string of the molecule is COc1ccc(CN2CCCN(C(=O)Cn3cnc4ccc(Br)cc4c3=O)CC2)cc1. The monoisotopic (exact) mass is 484 g/mol. The Labute approximate surface area is 189 Å². The van der Waals surface area contributed by atoms with Crippen molar-refractivity contribution >= 4 is 32.7 Å². The molecule has 0 bridgehead atoms. The number of nitrogens with zero attached hydrogens (tertiary/aromatic N) is 4. The van der Waals surface area contributed by atoms with Gasteiger partial charge in [0.1, 0.15) is 12.3 Å². The molecular weight excluding hydrogens is 460 g/mol. The number of ether oxygens (including phenoxy) is 1. The molecule has 0 aliphatic carbocycles.